The molecule has 0 spiro atoms. The smallest absolute Gasteiger partial charge is 0.150 e. The van der Waals surface area contributed by atoms with Gasteiger partial charge in [-0.3, -0.25) is 0 Å². The molecule has 1 N–H and O–H groups in total. The second-order valence-corrected chi connectivity index (χ2v) is 7.29. The van der Waals surface area contributed by atoms with E-state index in [9.17, 15) is 17.9 Å². The first kappa shape index (κ1) is 13.5. The van der Waals surface area contributed by atoms with Crippen LogP contribution in [0.5, 0.6) is 0 Å². The lowest BCUT2D eigenvalue weighted by Gasteiger charge is -2.21. The van der Waals surface area contributed by atoms with Crippen molar-refractivity contribution in [3.8, 4) is 0 Å². The van der Waals surface area contributed by atoms with Gasteiger partial charge in [-0.2, -0.15) is 0 Å². The Kier molecular flexibility index (Phi) is 3.47. The Morgan fingerprint density at radius 1 is 1.33 bits per heavy atom. The van der Waals surface area contributed by atoms with Crippen LogP contribution in [0.1, 0.15) is 29.2 Å². The molecule has 0 radical (unpaired) electrons. The fourth-order valence-corrected chi connectivity index (χ4v) is 4.53. The summed E-state index contributed by atoms with van der Waals surface area (Å²) in [6.07, 6.45) is -0.359. The number of aliphatic hydroxyl groups is 1. The number of halogens is 1. The van der Waals surface area contributed by atoms with Crippen molar-refractivity contribution in [2.24, 2.45) is 5.92 Å². The van der Waals surface area contributed by atoms with Gasteiger partial charge in [-0.05, 0) is 49.1 Å². The molecule has 1 fully saturated rings. The molecule has 0 aromatic heterocycles. The number of rotatable bonds is 2. The molecular formula is C13H17FO3S. The van der Waals surface area contributed by atoms with Crippen LogP contribution >= 0.6 is 0 Å². The van der Waals surface area contributed by atoms with Crippen LogP contribution in [0.2, 0.25) is 0 Å². The Morgan fingerprint density at radius 2 is 1.89 bits per heavy atom. The normalized spacial score (nSPS) is 24.1. The highest BCUT2D eigenvalue weighted by atomic mass is 32.2. The highest BCUT2D eigenvalue weighted by Gasteiger charge is 2.34. The van der Waals surface area contributed by atoms with E-state index in [-0.39, 0.29) is 23.2 Å². The molecule has 2 rings (SSSR count). The molecule has 0 aliphatic carbocycles. The average Bonchev–Trinajstić information content (AvgIpc) is 2.57. The van der Waals surface area contributed by atoms with Crippen molar-refractivity contribution < 1.29 is 17.9 Å². The molecule has 0 bridgehead atoms. The van der Waals surface area contributed by atoms with Gasteiger partial charge >= 0.3 is 0 Å². The third-order valence-electron chi connectivity index (χ3n) is 3.57. The molecule has 5 heteroatoms. The second kappa shape index (κ2) is 4.63. The highest BCUT2D eigenvalue weighted by Crippen LogP contribution is 2.34. The van der Waals surface area contributed by atoms with E-state index in [1.807, 2.05) is 0 Å². The zero-order chi connectivity index (χ0) is 13.5. The van der Waals surface area contributed by atoms with Crippen LogP contribution in [-0.4, -0.2) is 25.0 Å². The van der Waals surface area contributed by atoms with Crippen LogP contribution in [-0.2, 0) is 9.84 Å². The average molecular weight is 272 g/mol. The van der Waals surface area contributed by atoms with E-state index >= 15 is 0 Å². The molecule has 1 saturated heterocycles. The first-order chi connectivity index (χ1) is 8.30. The van der Waals surface area contributed by atoms with Crippen LogP contribution < -0.4 is 0 Å². The molecule has 1 aliphatic rings. The summed E-state index contributed by atoms with van der Waals surface area (Å²) in [6.45, 7) is 3.47. The summed E-state index contributed by atoms with van der Waals surface area (Å²) >= 11 is 0. The van der Waals surface area contributed by atoms with Crippen molar-refractivity contribution in [3.63, 3.8) is 0 Å². The molecule has 100 valence electrons. The third-order valence-corrected chi connectivity index (χ3v) is 5.36. The summed E-state index contributed by atoms with van der Waals surface area (Å²) in [5, 5.41) is 10.3. The summed E-state index contributed by atoms with van der Waals surface area (Å²) in [6, 6.07) is 2.74. The van der Waals surface area contributed by atoms with Crippen LogP contribution in [0.15, 0.2) is 12.1 Å². The summed E-state index contributed by atoms with van der Waals surface area (Å²) in [4.78, 5) is 0. The SMILES string of the molecule is Cc1cc(F)cc(C)c1C(O)C1CCS(=O)(=O)C1. The molecule has 1 aliphatic heterocycles. The van der Waals surface area contributed by atoms with Gasteiger partial charge in [-0.1, -0.05) is 0 Å². The second-order valence-electron chi connectivity index (χ2n) is 5.06. The monoisotopic (exact) mass is 272 g/mol. The lowest BCUT2D eigenvalue weighted by Crippen LogP contribution is -2.16. The molecule has 2 atom stereocenters. The van der Waals surface area contributed by atoms with E-state index in [0.717, 1.165) is 0 Å². The Labute approximate surface area is 107 Å². The van der Waals surface area contributed by atoms with Crippen molar-refractivity contribution in [3.05, 3.63) is 34.6 Å². The summed E-state index contributed by atoms with van der Waals surface area (Å²) in [5.74, 6) is -0.462. The lowest BCUT2D eigenvalue weighted by molar-refractivity contribution is 0.119. The van der Waals surface area contributed by atoms with E-state index in [4.69, 9.17) is 0 Å². The summed E-state index contributed by atoms with van der Waals surface area (Å²) in [7, 11) is -3.02. The van der Waals surface area contributed by atoms with Crippen LogP contribution in [0.3, 0.4) is 0 Å². The molecule has 0 amide bonds. The fraction of sp³-hybridized carbons (Fsp3) is 0.538. The van der Waals surface area contributed by atoms with E-state index in [2.05, 4.69) is 0 Å². The zero-order valence-corrected chi connectivity index (χ0v) is 11.3. The van der Waals surface area contributed by atoms with Gasteiger partial charge in [0.15, 0.2) is 9.84 Å². The van der Waals surface area contributed by atoms with Gasteiger partial charge in [0.1, 0.15) is 5.82 Å². The maximum atomic E-state index is 13.2. The Morgan fingerprint density at radius 3 is 2.33 bits per heavy atom. The number of aryl methyl sites for hydroxylation is 2. The Balaban J connectivity index is 2.33. The Bertz CT molecular complexity index is 543. The minimum absolute atomic E-state index is 0.0183. The maximum Gasteiger partial charge on any atom is 0.150 e. The van der Waals surface area contributed by atoms with Crippen molar-refractivity contribution in [2.75, 3.05) is 11.5 Å². The van der Waals surface area contributed by atoms with Gasteiger partial charge < -0.3 is 5.11 Å². The minimum atomic E-state index is -3.02. The van der Waals surface area contributed by atoms with E-state index in [0.29, 0.717) is 23.1 Å². The molecule has 1 heterocycles. The molecule has 1 aromatic carbocycles. The van der Waals surface area contributed by atoms with Crippen molar-refractivity contribution >= 4 is 9.84 Å². The number of hydrogen-bond acceptors (Lipinski definition) is 3. The molecule has 0 saturated carbocycles. The van der Waals surface area contributed by atoms with Gasteiger partial charge in [0.2, 0.25) is 0 Å². The molecule has 3 nitrogen and oxygen atoms in total. The van der Waals surface area contributed by atoms with Gasteiger partial charge in [0.25, 0.3) is 0 Å². The lowest BCUT2D eigenvalue weighted by atomic mass is 9.89. The topological polar surface area (TPSA) is 54.4 Å². The van der Waals surface area contributed by atoms with Gasteiger partial charge in [-0.25, -0.2) is 12.8 Å². The highest BCUT2D eigenvalue weighted by molar-refractivity contribution is 7.91. The van der Waals surface area contributed by atoms with Crippen LogP contribution in [0.4, 0.5) is 4.39 Å². The quantitative estimate of drug-likeness (QED) is 0.894. The summed E-state index contributed by atoms with van der Waals surface area (Å²) in [5.41, 5.74) is 2.01. The van der Waals surface area contributed by atoms with Gasteiger partial charge in [0, 0.05) is 5.92 Å². The maximum absolute atomic E-state index is 13.2. The van der Waals surface area contributed by atoms with E-state index in [1.54, 1.807) is 13.8 Å². The Hall–Kier alpha value is -0.940. The van der Waals surface area contributed by atoms with Crippen molar-refractivity contribution in [1.29, 1.82) is 0 Å². The van der Waals surface area contributed by atoms with Crippen molar-refractivity contribution in [1.82, 2.24) is 0 Å². The minimum Gasteiger partial charge on any atom is -0.388 e. The van der Waals surface area contributed by atoms with Gasteiger partial charge in [0.05, 0.1) is 17.6 Å². The number of aliphatic hydroxyl groups excluding tert-OH is 1. The molecule has 18 heavy (non-hydrogen) atoms. The first-order valence-electron chi connectivity index (χ1n) is 5.95. The number of benzene rings is 1. The largest absolute Gasteiger partial charge is 0.388 e. The molecular weight excluding hydrogens is 255 g/mol. The first-order valence-corrected chi connectivity index (χ1v) is 7.77. The summed E-state index contributed by atoms with van der Waals surface area (Å²) < 4.78 is 36.1. The van der Waals surface area contributed by atoms with Gasteiger partial charge in [-0.15, -0.1) is 0 Å². The predicted molar refractivity (Wildman–Crippen MR) is 67.6 cm³/mol. The molecule has 1 aromatic rings. The van der Waals surface area contributed by atoms with Crippen molar-refractivity contribution in [2.45, 2.75) is 26.4 Å². The molecule has 2 unspecified atom stereocenters. The van der Waals surface area contributed by atoms with Crippen LogP contribution in [0.25, 0.3) is 0 Å². The zero-order valence-electron chi connectivity index (χ0n) is 10.5. The number of hydrogen-bond donors (Lipinski definition) is 1. The standard InChI is InChI=1S/C13H17FO3S/c1-8-5-11(14)6-9(2)12(8)13(15)10-3-4-18(16,17)7-10/h5-6,10,13,15H,3-4,7H2,1-2H3. The van der Waals surface area contributed by atoms with E-state index in [1.165, 1.54) is 12.1 Å². The third kappa shape index (κ3) is 2.57. The number of sulfone groups is 1. The van der Waals surface area contributed by atoms with Crippen LogP contribution in [0, 0.1) is 25.6 Å². The fourth-order valence-electron chi connectivity index (χ4n) is 2.70. The predicted octanol–water partition coefficient (Wildman–Crippen LogP) is 1.91. The van der Waals surface area contributed by atoms with E-state index < -0.39 is 15.9 Å².